The standard InChI is InChI=1S/C21H16O7/c1-26-10-13(16-18(22)11-6-2-4-8-14(11)27-20(16)24)17-19(23)12-7-3-5-9-15(12)28-21(17)25/h2-9,13,22-23H,10H2,1H3. The lowest BCUT2D eigenvalue weighted by Gasteiger charge is -2.18. The lowest BCUT2D eigenvalue weighted by molar-refractivity contribution is 0.185. The van der Waals surface area contributed by atoms with Gasteiger partial charge in [0.25, 0.3) is 0 Å². The Morgan fingerprint density at radius 3 is 1.68 bits per heavy atom. The van der Waals surface area contributed by atoms with E-state index in [2.05, 4.69) is 0 Å². The van der Waals surface area contributed by atoms with Crippen LogP contribution in [0.2, 0.25) is 0 Å². The molecule has 2 aromatic carbocycles. The van der Waals surface area contributed by atoms with Gasteiger partial charge in [0.15, 0.2) is 0 Å². The van der Waals surface area contributed by atoms with Gasteiger partial charge in [-0.2, -0.15) is 0 Å². The molecule has 0 amide bonds. The van der Waals surface area contributed by atoms with Crippen molar-refractivity contribution in [1.29, 1.82) is 0 Å². The summed E-state index contributed by atoms with van der Waals surface area (Å²) in [6.07, 6.45) is 0. The molecule has 2 N–H and O–H groups in total. The second-order valence-corrected chi connectivity index (χ2v) is 6.30. The molecule has 0 fully saturated rings. The van der Waals surface area contributed by atoms with Crippen molar-refractivity contribution in [3.8, 4) is 11.5 Å². The highest BCUT2D eigenvalue weighted by Crippen LogP contribution is 2.38. The maximum atomic E-state index is 12.6. The maximum absolute atomic E-state index is 12.6. The van der Waals surface area contributed by atoms with Gasteiger partial charge in [-0.1, -0.05) is 24.3 Å². The van der Waals surface area contributed by atoms with Crippen LogP contribution in [-0.2, 0) is 4.74 Å². The van der Waals surface area contributed by atoms with Crippen LogP contribution in [0.5, 0.6) is 11.5 Å². The topological polar surface area (TPSA) is 110 Å². The van der Waals surface area contributed by atoms with Gasteiger partial charge in [0.1, 0.15) is 22.7 Å². The largest absolute Gasteiger partial charge is 0.507 e. The summed E-state index contributed by atoms with van der Waals surface area (Å²) >= 11 is 0. The molecule has 0 unspecified atom stereocenters. The van der Waals surface area contributed by atoms with E-state index in [0.29, 0.717) is 10.8 Å². The first-order chi connectivity index (χ1) is 13.5. The molecule has 142 valence electrons. The molecule has 2 aromatic heterocycles. The van der Waals surface area contributed by atoms with Crippen LogP contribution in [0, 0.1) is 0 Å². The van der Waals surface area contributed by atoms with Gasteiger partial charge in [-0.25, -0.2) is 9.59 Å². The number of para-hydroxylation sites is 2. The first-order valence-electron chi connectivity index (χ1n) is 8.51. The van der Waals surface area contributed by atoms with Crippen LogP contribution in [0.15, 0.2) is 67.0 Å². The fourth-order valence-corrected chi connectivity index (χ4v) is 3.39. The molecule has 7 nitrogen and oxygen atoms in total. The minimum Gasteiger partial charge on any atom is -0.507 e. The van der Waals surface area contributed by atoms with E-state index in [9.17, 15) is 19.8 Å². The quantitative estimate of drug-likeness (QED) is 0.524. The molecule has 0 saturated heterocycles. The molecule has 0 saturated carbocycles. The summed E-state index contributed by atoms with van der Waals surface area (Å²) in [6.45, 7) is -0.159. The van der Waals surface area contributed by atoms with E-state index in [4.69, 9.17) is 13.6 Å². The van der Waals surface area contributed by atoms with E-state index >= 15 is 0 Å². The van der Waals surface area contributed by atoms with Gasteiger partial charge >= 0.3 is 11.3 Å². The molecular formula is C21H16O7. The van der Waals surface area contributed by atoms with Crippen molar-refractivity contribution in [2.75, 3.05) is 13.7 Å². The average molecular weight is 380 g/mol. The monoisotopic (exact) mass is 380 g/mol. The van der Waals surface area contributed by atoms with Gasteiger partial charge < -0.3 is 23.8 Å². The number of methoxy groups -OCH3 is 1. The summed E-state index contributed by atoms with van der Waals surface area (Å²) in [5.41, 5.74) is -1.60. The molecule has 0 aliphatic rings. The SMILES string of the molecule is COCC(c1c(O)c2ccccc2oc1=O)c1c(O)c2ccccc2oc1=O. The first kappa shape index (κ1) is 17.8. The van der Waals surface area contributed by atoms with E-state index in [0.717, 1.165) is 0 Å². The van der Waals surface area contributed by atoms with Gasteiger partial charge in [0.2, 0.25) is 0 Å². The smallest absolute Gasteiger partial charge is 0.343 e. The molecule has 0 bridgehead atoms. The Morgan fingerprint density at radius 2 is 1.25 bits per heavy atom. The Balaban J connectivity index is 2.05. The first-order valence-corrected chi connectivity index (χ1v) is 8.51. The number of hydrogen-bond acceptors (Lipinski definition) is 7. The molecule has 4 rings (SSSR count). The van der Waals surface area contributed by atoms with Gasteiger partial charge in [0, 0.05) is 7.11 Å². The summed E-state index contributed by atoms with van der Waals surface area (Å²) in [4.78, 5) is 25.3. The van der Waals surface area contributed by atoms with Crippen LogP contribution < -0.4 is 11.3 Å². The predicted octanol–water partition coefficient (Wildman–Crippen LogP) is 3.09. The molecule has 7 heteroatoms. The Morgan fingerprint density at radius 1 is 0.821 bits per heavy atom. The van der Waals surface area contributed by atoms with Crippen molar-refractivity contribution in [1.82, 2.24) is 0 Å². The molecule has 0 aliphatic heterocycles. The highest BCUT2D eigenvalue weighted by atomic mass is 16.5. The maximum Gasteiger partial charge on any atom is 0.343 e. The number of rotatable bonds is 4. The third-order valence-electron chi connectivity index (χ3n) is 4.67. The van der Waals surface area contributed by atoms with Gasteiger partial charge in [0.05, 0.1) is 34.4 Å². The van der Waals surface area contributed by atoms with Crippen LogP contribution in [0.1, 0.15) is 17.0 Å². The second-order valence-electron chi connectivity index (χ2n) is 6.30. The van der Waals surface area contributed by atoms with E-state index in [1.54, 1.807) is 48.5 Å². The van der Waals surface area contributed by atoms with Crippen molar-refractivity contribution < 1.29 is 23.8 Å². The number of ether oxygens (including phenoxy) is 1. The molecule has 0 aliphatic carbocycles. The number of hydrogen-bond donors (Lipinski definition) is 2. The second kappa shape index (κ2) is 6.86. The van der Waals surface area contributed by atoms with Crippen LogP contribution in [0.4, 0.5) is 0 Å². The zero-order valence-electron chi connectivity index (χ0n) is 14.8. The van der Waals surface area contributed by atoms with Crippen LogP contribution in [-0.4, -0.2) is 23.9 Å². The van der Waals surface area contributed by atoms with Crippen molar-refractivity contribution in [2.24, 2.45) is 0 Å². The lowest BCUT2D eigenvalue weighted by Crippen LogP contribution is -2.23. The Kier molecular flexibility index (Phi) is 4.37. The van der Waals surface area contributed by atoms with Crippen LogP contribution >= 0.6 is 0 Å². The molecular weight excluding hydrogens is 364 g/mol. The average Bonchev–Trinajstić information content (AvgIpc) is 2.68. The lowest BCUT2D eigenvalue weighted by atomic mass is 9.91. The van der Waals surface area contributed by atoms with Gasteiger partial charge in [-0.15, -0.1) is 0 Å². The number of benzene rings is 2. The Labute approximate surface area is 158 Å². The molecule has 0 spiro atoms. The van der Waals surface area contributed by atoms with E-state index in [1.165, 1.54) is 7.11 Å². The zero-order chi connectivity index (χ0) is 19.8. The van der Waals surface area contributed by atoms with E-state index < -0.39 is 17.2 Å². The molecule has 0 radical (unpaired) electrons. The third kappa shape index (κ3) is 2.73. The molecule has 28 heavy (non-hydrogen) atoms. The summed E-state index contributed by atoms with van der Waals surface area (Å²) in [6, 6.07) is 13.0. The van der Waals surface area contributed by atoms with Crippen molar-refractivity contribution >= 4 is 21.9 Å². The number of aromatic hydroxyl groups is 2. The van der Waals surface area contributed by atoms with E-state index in [1.807, 2.05) is 0 Å². The minimum absolute atomic E-state index is 0.159. The predicted molar refractivity (Wildman–Crippen MR) is 102 cm³/mol. The third-order valence-corrected chi connectivity index (χ3v) is 4.67. The normalized spacial score (nSPS) is 11.5. The van der Waals surface area contributed by atoms with Crippen LogP contribution in [0.25, 0.3) is 21.9 Å². The van der Waals surface area contributed by atoms with Crippen molar-refractivity contribution in [3.63, 3.8) is 0 Å². The van der Waals surface area contributed by atoms with Crippen molar-refractivity contribution in [3.05, 3.63) is 80.5 Å². The summed E-state index contributed by atoms with van der Waals surface area (Å²) in [7, 11) is 1.38. The zero-order valence-corrected chi connectivity index (χ0v) is 14.8. The highest BCUT2D eigenvalue weighted by molar-refractivity contribution is 5.86. The van der Waals surface area contributed by atoms with E-state index in [-0.39, 0.29) is 40.4 Å². The molecule has 2 heterocycles. The van der Waals surface area contributed by atoms with Crippen molar-refractivity contribution in [2.45, 2.75) is 5.92 Å². The Bertz CT molecular complexity index is 1200. The number of fused-ring (bicyclic) bond motifs is 2. The fraction of sp³-hybridized carbons (Fsp3) is 0.143. The highest BCUT2D eigenvalue weighted by Gasteiger charge is 2.31. The molecule has 0 atom stereocenters. The molecule has 4 aromatic rings. The van der Waals surface area contributed by atoms with Gasteiger partial charge in [-0.3, -0.25) is 0 Å². The van der Waals surface area contributed by atoms with Gasteiger partial charge in [-0.05, 0) is 24.3 Å². The minimum atomic E-state index is -1.09. The Hall–Kier alpha value is -3.58. The fourth-order valence-electron chi connectivity index (χ4n) is 3.39. The van der Waals surface area contributed by atoms with Crippen LogP contribution in [0.3, 0.4) is 0 Å². The summed E-state index contributed by atoms with van der Waals surface area (Å²) < 4.78 is 15.8. The summed E-state index contributed by atoms with van der Waals surface area (Å²) in [5, 5.41) is 22.1. The summed E-state index contributed by atoms with van der Waals surface area (Å²) in [5.74, 6) is -1.76.